The Labute approximate surface area is 128 Å². The van der Waals surface area contributed by atoms with Crippen LogP contribution in [0.15, 0.2) is 29.2 Å². The summed E-state index contributed by atoms with van der Waals surface area (Å²) < 4.78 is 0. The first-order chi connectivity index (χ1) is 9.52. The highest BCUT2D eigenvalue weighted by Crippen LogP contribution is 2.38. The van der Waals surface area contributed by atoms with Crippen LogP contribution in [0.3, 0.4) is 0 Å². The number of nitrogens with one attached hydrogen (secondary N) is 1. The third-order valence-corrected chi connectivity index (χ3v) is 5.30. The Morgan fingerprint density at radius 3 is 2.50 bits per heavy atom. The standard InChI is InChI=1S/C18H29NS/c1-13(2)19-12-16-6-5-7-17(11-16)20-18-9-14(3)8-15(4)10-18/h5-7,11,13-15,18-19H,8-10,12H2,1-4H3. The molecule has 1 saturated carbocycles. The van der Waals surface area contributed by atoms with E-state index in [1.54, 1.807) is 0 Å². The zero-order chi connectivity index (χ0) is 14.5. The number of rotatable bonds is 5. The van der Waals surface area contributed by atoms with Gasteiger partial charge in [0.25, 0.3) is 0 Å². The van der Waals surface area contributed by atoms with E-state index in [9.17, 15) is 0 Å². The van der Waals surface area contributed by atoms with Crippen molar-refractivity contribution < 1.29 is 0 Å². The second-order valence-corrected chi connectivity index (χ2v) is 8.21. The van der Waals surface area contributed by atoms with Gasteiger partial charge in [-0.25, -0.2) is 0 Å². The number of thioether (sulfide) groups is 1. The lowest BCUT2D eigenvalue weighted by molar-refractivity contribution is 0.309. The van der Waals surface area contributed by atoms with Gasteiger partial charge in [-0.1, -0.05) is 39.8 Å². The molecule has 2 heteroatoms. The third kappa shape index (κ3) is 5.14. The molecule has 2 unspecified atom stereocenters. The van der Waals surface area contributed by atoms with Crippen LogP contribution in [0.25, 0.3) is 0 Å². The summed E-state index contributed by atoms with van der Waals surface area (Å²) >= 11 is 2.09. The first-order valence-corrected chi connectivity index (χ1v) is 8.90. The maximum atomic E-state index is 3.50. The maximum Gasteiger partial charge on any atom is 0.0208 e. The fourth-order valence-electron chi connectivity index (χ4n) is 3.21. The molecule has 0 aromatic heterocycles. The van der Waals surface area contributed by atoms with Crippen LogP contribution in [-0.2, 0) is 6.54 Å². The Kier molecular flexibility index (Phi) is 5.98. The largest absolute Gasteiger partial charge is 0.310 e. The zero-order valence-corrected chi connectivity index (χ0v) is 14.2. The minimum absolute atomic E-state index is 0.548. The minimum Gasteiger partial charge on any atom is -0.310 e. The summed E-state index contributed by atoms with van der Waals surface area (Å²) in [6, 6.07) is 9.62. The number of hydrogen-bond donors (Lipinski definition) is 1. The molecule has 0 heterocycles. The molecule has 20 heavy (non-hydrogen) atoms. The number of benzene rings is 1. The Hall–Kier alpha value is -0.470. The predicted octanol–water partition coefficient (Wildman–Crippen LogP) is 5.10. The van der Waals surface area contributed by atoms with E-state index in [0.717, 1.165) is 23.6 Å². The Morgan fingerprint density at radius 1 is 1.15 bits per heavy atom. The minimum atomic E-state index is 0.548. The van der Waals surface area contributed by atoms with Gasteiger partial charge in [-0.05, 0) is 48.8 Å². The van der Waals surface area contributed by atoms with Crippen molar-refractivity contribution in [2.45, 2.75) is 69.7 Å². The summed E-state index contributed by atoms with van der Waals surface area (Å²) in [4.78, 5) is 1.44. The highest BCUT2D eigenvalue weighted by Gasteiger charge is 2.24. The van der Waals surface area contributed by atoms with Crippen molar-refractivity contribution in [1.29, 1.82) is 0 Å². The lowest BCUT2D eigenvalue weighted by Gasteiger charge is -2.31. The topological polar surface area (TPSA) is 12.0 Å². The zero-order valence-electron chi connectivity index (χ0n) is 13.4. The molecule has 1 nitrogen and oxygen atoms in total. The molecule has 0 amide bonds. The van der Waals surface area contributed by atoms with E-state index in [2.05, 4.69) is 69.0 Å². The summed E-state index contributed by atoms with van der Waals surface area (Å²) in [5.74, 6) is 1.78. The quantitative estimate of drug-likeness (QED) is 0.810. The van der Waals surface area contributed by atoms with Gasteiger partial charge in [0.05, 0.1) is 0 Å². The van der Waals surface area contributed by atoms with Gasteiger partial charge < -0.3 is 5.32 Å². The van der Waals surface area contributed by atoms with Crippen LogP contribution in [0.2, 0.25) is 0 Å². The second kappa shape index (κ2) is 7.51. The van der Waals surface area contributed by atoms with Crippen molar-refractivity contribution >= 4 is 11.8 Å². The molecule has 1 aromatic carbocycles. The van der Waals surface area contributed by atoms with Gasteiger partial charge in [-0.2, -0.15) is 0 Å². The van der Waals surface area contributed by atoms with Crippen molar-refractivity contribution in [1.82, 2.24) is 5.32 Å². The van der Waals surface area contributed by atoms with Crippen molar-refractivity contribution in [3.8, 4) is 0 Å². The number of hydrogen-bond acceptors (Lipinski definition) is 2. The van der Waals surface area contributed by atoms with E-state index in [0.29, 0.717) is 6.04 Å². The van der Waals surface area contributed by atoms with Crippen LogP contribution in [0.4, 0.5) is 0 Å². The molecule has 1 N–H and O–H groups in total. The molecule has 0 spiro atoms. The van der Waals surface area contributed by atoms with Gasteiger partial charge in [0.1, 0.15) is 0 Å². The van der Waals surface area contributed by atoms with E-state index in [4.69, 9.17) is 0 Å². The van der Waals surface area contributed by atoms with Crippen LogP contribution in [-0.4, -0.2) is 11.3 Å². The van der Waals surface area contributed by atoms with Crippen LogP contribution in [0, 0.1) is 11.8 Å². The highest BCUT2D eigenvalue weighted by molar-refractivity contribution is 8.00. The molecule has 0 bridgehead atoms. The van der Waals surface area contributed by atoms with Gasteiger partial charge >= 0.3 is 0 Å². The van der Waals surface area contributed by atoms with Gasteiger partial charge in [-0.15, -0.1) is 11.8 Å². The molecule has 0 aliphatic heterocycles. The highest BCUT2D eigenvalue weighted by atomic mass is 32.2. The van der Waals surface area contributed by atoms with Crippen LogP contribution < -0.4 is 5.32 Å². The third-order valence-electron chi connectivity index (χ3n) is 4.05. The molecule has 1 aliphatic carbocycles. The summed E-state index contributed by atoms with van der Waals surface area (Å²) in [7, 11) is 0. The van der Waals surface area contributed by atoms with Gasteiger partial charge in [-0.3, -0.25) is 0 Å². The molecule has 112 valence electrons. The molecule has 2 atom stereocenters. The first-order valence-electron chi connectivity index (χ1n) is 8.02. The first kappa shape index (κ1) is 15.9. The molecule has 0 saturated heterocycles. The van der Waals surface area contributed by atoms with E-state index >= 15 is 0 Å². The monoisotopic (exact) mass is 291 g/mol. The molecule has 0 radical (unpaired) electrons. The molecule has 1 aromatic rings. The fraction of sp³-hybridized carbons (Fsp3) is 0.667. The van der Waals surface area contributed by atoms with E-state index in [-0.39, 0.29) is 0 Å². The lowest BCUT2D eigenvalue weighted by Crippen LogP contribution is -2.22. The van der Waals surface area contributed by atoms with Gasteiger partial charge in [0.2, 0.25) is 0 Å². The fourth-order valence-corrected chi connectivity index (χ4v) is 4.82. The SMILES string of the molecule is CC1CC(C)CC(Sc2cccc(CNC(C)C)c2)C1. The summed E-state index contributed by atoms with van der Waals surface area (Å²) in [5, 5.41) is 4.30. The van der Waals surface area contributed by atoms with Gasteiger partial charge in [0.15, 0.2) is 0 Å². The van der Waals surface area contributed by atoms with Crippen molar-refractivity contribution in [3.63, 3.8) is 0 Å². The van der Waals surface area contributed by atoms with Crippen LogP contribution in [0.1, 0.15) is 52.5 Å². The normalized spacial score (nSPS) is 26.9. The molecular formula is C18H29NS. The Balaban J connectivity index is 1.93. The molecule has 1 aliphatic rings. The Morgan fingerprint density at radius 2 is 1.85 bits per heavy atom. The maximum absolute atomic E-state index is 3.50. The average Bonchev–Trinajstić information content (AvgIpc) is 2.35. The summed E-state index contributed by atoms with van der Waals surface area (Å²) in [5.41, 5.74) is 1.40. The van der Waals surface area contributed by atoms with Crippen molar-refractivity contribution in [3.05, 3.63) is 29.8 Å². The second-order valence-electron chi connectivity index (χ2n) is 6.84. The van der Waals surface area contributed by atoms with E-state index < -0.39 is 0 Å². The smallest absolute Gasteiger partial charge is 0.0208 e. The van der Waals surface area contributed by atoms with Gasteiger partial charge in [0, 0.05) is 22.7 Å². The Bertz CT molecular complexity index is 406. The summed E-state index contributed by atoms with van der Waals surface area (Å²) in [6.07, 6.45) is 4.17. The lowest BCUT2D eigenvalue weighted by atomic mass is 9.83. The molecule has 1 fully saturated rings. The van der Waals surface area contributed by atoms with Crippen molar-refractivity contribution in [2.75, 3.05) is 0 Å². The average molecular weight is 292 g/mol. The van der Waals surface area contributed by atoms with Crippen LogP contribution >= 0.6 is 11.8 Å². The van der Waals surface area contributed by atoms with E-state index in [1.807, 2.05) is 0 Å². The van der Waals surface area contributed by atoms with Crippen molar-refractivity contribution in [2.24, 2.45) is 11.8 Å². The van der Waals surface area contributed by atoms with E-state index in [1.165, 1.54) is 29.7 Å². The predicted molar refractivity (Wildman–Crippen MR) is 90.2 cm³/mol. The molecular weight excluding hydrogens is 262 g/mol. The molecule has 2 rings (SSSR count). The summed E-state index contributed by atoms with van der Waals surface area (Å²) in [6.45, 7) is 10.2. The van der Waals surface area contributed by atoms with Crippen LogP contribution in [0.5, 0.6) is 0 Å².